The number of hydrogen-bond acceptors (Lipinski definition) is 4. The summed E-state index contributed by atoms with van der Waals surface area (Å²) < 4.78 is 5.73. The van der Waals surface area contributed by atoms with E-state index in [0.29, 0.717) is 17.4 Å². The van der Waals surface area contributed by atoms with Gasteiger partial charge in [-0.1, -0.05) is 17.7 Å². The fourth-order valence-corrected chi connectivity index (χ4v) is 2.49. The van der Waals surface area contributed by atoms with Crippen LogP contribution in [-0.4, -0.2) is 61.3 Å². The molecular weight excluding hydrogens is 276 g/mol. The first-order valence-electron chi connectivity index (χ1n) is 7.07. The van der Waals surface area contributed by atoms with E-state index in [1.54, 1.807) is 13.0 Å². The molecule has 0 aromatic heterocycles. The van der Waals surface area contributed by atoms with Crippen molar-refractivity contribution in [1.29, 1.82) is 0 Å². The molecule has 0 radical (unpaired) electrons. The molecule has 1 fully saturated rings. The molecule has 1 N–H and O–H groups in total. The van der Waals surface area contributed by atoms with Gasteiger partial charge in [0, 0.05) is 32.7 Å². The molecule has 1 aromatic rings. The Morgan fingerprint density at radius 3 is 2.60 bits per heavy atom. The van der Waals surface area contributed by atoms with Crippen molar-refractivity contribution in [3.8, 4) is 5.75 Å². The number of likely N-dealkylation sites (N-methyl/N-ethyl adjacent to an activating group) is 1. The van der Waals surface area contributed by atoms with Crippen molar-refractivity contribution >= 4 is 11.6 Å². The van der Waals surface area contributed by atoms with E-state index in [-0.39, 0.29) is 0 Å². The molecule has 1 aromatic carbocycles. The van der Waals surface area contributed by atoms with Crippen molar-refractivity contribution in [3.05, 3.63) is 28.8 Å². The molecule has 0 unspecified atom stereocenters. The number of aliphatic hydroxyl groups is 1. The van der Waals surface area contributed by atoms with Gasteiger partial charge < -0.3 is 14.7 Å². The lowest BCUT2D eigenvalue weighted by molar-refractivity contribution is 0.133. The van der Waals surface area contributed by atoms with Crippen LogP contribution >= 0.6 is 11.6 Å². The highest BCUT2D eigenvalue weighted by Gasteiger charge is 2.13. The predicted octanol–water partition coefficient (Wildman–Crippen LogP) is 2.02. The van der Waals surface area contributed by atoms with Gasteiger partial charge in [-0.2, -0.15) is 0 Å². The maximum atomic E-state index is 9.50. The third kappa shape index (κ3) is 4.35. The summed E-state index contributed by atoms with van der Waals surface area (Å²) in [6.45, 7) is 7.69. The third-order valence-corrected chi connectivity index (χ3v) is 3.99. The molecule has 0 bridgehead atoms. The number of piperazine rings is 1. The smallest absolute Gasteiger partial charge is 0.137 e. The van der Waals surface area contributed by atoms with E-state index >= 15 is 0 Å². The summed E-state index contributed by atoms with van der Waals surface area (Å²) in [5.74, 6) is 0.685. The molecule has 5 heteroatoms. The van der Waals surface area contributed by atoms with Gasteiger partial charge in [-0.15, -0.1) is 0 Å². The molecule has 0 saturated carbocycles. The minimum atomic E-state index is -0.508. The molecule has 1 heterocycles. The molecule has 1 saturated heterocycles. The first kappa shape index (κ1) is 15.6. The molecule has 0 amide bonds. The van der Waals surface area contributed by atoms with Crippen LogP contribution in [0, 0.1) is 0 Å². The average Bonchev–Trinajstić information content (AvgIpc) is 2.42. The fourth-order valence-electron chi connectivity index (χ4n) is 2.25. The molecule has 0 spiro atoms. The van der Waals surface area contributed by atoms with Gasteiger partial charge in [0.25, 0.3) is 0 Å². The van der Waals surface area contributed by atoms with Gasteiger partial charge in [0.2, 0.25) is 0 Å². The zero-order valence-corrected chi connectivity index (χ0v) is 12.9. The topological polar surface area (TPSA) is 35.9 Å². The van der Waals surface area contributed by atoms with Gasteiger partial charge in [-0.3, -0.25) is 4.90 Å². The number of rotatable bonds is 5. The van der Waals surface area contributed by atoms with E-state index in [2.05, 4.69) is 16.8 Å². The van der Waals surface area contributed by atoms with E-state index in [4.69, 9.17) is 16.3 Å². The SMILES string of the molecule is C[C@H](O)c1ccc(OCCN2CCN(C)CC2)c(Cl)c1. The molecule has 0 aliphatic carbocycles. The molecule has 2 rings (SSSR count). The predicted molar refractivity (Wildman–Crippen MR) is 81.5 cm³/mol. The van der Waals surface area contributed by atoms with Crippen LogP contribution in [0.3, 0.4) is 0 Å². The van der Waals surface area contributed by atoms with Gasteiger partial charge in [-0.05, 0) is 31.7 Å². The second kappa shape index (κ2) is 7.27. The van der Waals surface area contributed by atoms with Crippen molar-refractivity contribution in [2.45, 2.75) is 13.0 Å². The molecule has 1 aliphatic rings. The zero-order valence-electron chi connectivity index (χ0n) is 12.2. The van der Waals surface area contributed by atoms with E-state index in [9.17, 15) is 5.11 Å². The van der Waals surface area contributed by atoms with Crippen LogP contribution in [0.5, 0.6) is 5.75 Å². The maximum absolute atomic E-state index is 9.50. The third-order valence-electron chi connectivity index (χ3n) is 3.70. The van der Waals surface area contributed by atoms with E-state index < -0.39 is 6.10 Å². The van der Waals surface area contributed by atoms with Crippen LogP contribution in [0.2, 0.25) is 5.02 Å². The number of aliphatic hydroxyl groups excluding tert-OH is 1. The Morgan fingerprint density at radius 1 is 1.30 bits per heavy atom. The highest BCUT2D eigenvalue weighted by molar-refractivity contribution is 6.32. The van der Waals surface area contributed by atoms with Crippen LogP contribution < -0.4 is 4.74 Å². The Bertz CT molecular complexity index is 432. The zero-order chi connectivity index (χ0) is 14.5. The summed E-state index contributed by atoms with van der Waals surface area (Å²) >= 11 is 6.16. The minimum absolute atomic E-state index is 0.508. The average molecular weight is 299 g/mol. The lowest BCUT2D eigenvalue weighted by Gasteiger charge is -2.32. The van der Waals surface area contributed by atoms with Gasteiger partial charge in [0.05, 0.1) is 11.1 Å². The summed E-state index contributed by atoms with van der Waals surface area (Å²) in [6.07, 6.45) is -0.508. The first-order chi connectivity index (χ1) is 9.56. The molecule has 1 aliphatic heterocycles. The minimum Gasteiger partial charge on any atom is -0.491 e. The van der Waals surface area contributed by atoms with Gasteiger partial charge in [0.1, 0.15) is 12.4 Å². The Kier molecular flexibility index (Phi) is 5.66. The summed E-state index contributed by atoms with van der Waals surface area (Å²) in [5, 5.41) is 10.1. The van der Waals surface area contributed by atoms with E-state index in [0.717, 1.165) is 38.3 Å². The largest absolute Gasteiger partial charge is 0.491 e. The van der Waals surface area contributed by atoms with Crippen molar-refractivity contribution in [2.75, 3.05) is 46.4 Å². The first-order valence-corrected chi connectivity index (χ1v) is 7.45. The molecule has 112 valence electrons. The van der Waals surface area contributed by atoms with Crippen molar-refractivity contribution in [2.24, 2.45) is 0 Å². The summed E-state index contributed by atoms with van der Waals surface area (Å²) in [5.41, 5.74) is 0.807. The number of ether oxygens (including phenoxy) is 1. The van der Waals surface area contributed by atoms with Crippen LogP contribution in [0.25, 0.3) is 0 Å². The summed E-state index contributed by atoms with van der Waals surface area (Å²) in [7, 11) is 2.15. The van der Waals surface area contributed by atoms with Crippen molar-refractivity contribution in [3.63, 3.8) is 0 Å². The van der Waals surface area contributed by atoms with Crippen molar-refractivity contribution < 1.29 is 9.84 Å². The maximum Gasteiger partial charge on any atom is 0.137 e. The lowest BCUT2D eigenvalue weighted by Crippen LogP contribution is -2.45. The number of halogens is 1. The second-order valence-electron chi connectivity index (χ2n) is 5.36. The van der Waals surface area contributed by atoms with E-state index in [1.165, 1.54) is 0 Å². The quantitative estimate of drug-likeness (QED) is 0.902. The van der Waals surface area contributed by atoms with Crippen LogP contribution in [0.4, 0.5) is 0 Å². The number of benzene rings is 1. The summed E-state index contributed by atoms with van der Waals surface area (Å²) in [6, 6.07) is 5.44. The monoisotopic (exact) mass is 298 g/mol. The van der Waals surface area contributed by atoms with Gasteiger partial charge >= 0.3 is 0 Å². The number of nitrogens with zero attached hydrogens (tertiary/aromatic N) is 2. The molecule has 20 heavy (non-hydrogen) atoms. The van der Waals surface area contributed by atoms with Gasteiger partial charge in [0.15, 0.2) is 0 Å². The molecule has 1 atom stereocenters. The Morgan fingerprint density at radius 2 is 2.00 bits per heavy atom. The van der Waals surface area contributed by atoms with E-state index in [1.807, 2.05) is 12.1 Å². The van der Waals surface area contributed by atoms with Crippen molar-refractivity contribution in [1.82, 2.24) is 9.80 Å². The normalized spacial score (nSPS) is 19.0. The van der Waals surface area contributed by atoms with Crippen LogP contribution in [-0.2, 0) is 0 Å². The second-order valence-corrected chi connectivity index (χ2v) is 5.77. The Hall–Kier alpha value is -0.810. The lowest BCUT2D eigenvalue weighted by atomic mass is 10.1. The Labute approximate surface area is 125 Å². The van der Waals surface area contributed by atoms with Gasteiger partial charge in [-0.25, -0.2) is 0 Å². The Balaban J connectivity index is 1.79. The highest BCUT2D eigenvalue weighted by Crippen LogP contribution is 2.27. The highest BCUT2D eigenvalue weighted by atomic mass is 35.5. The fraction of sp³-hybridized carbons (Fsp3) is 0.600. The standard InChI is InChI=1S/C15H23ClN2O2/c1-12(19)13-3-4-15(14(16)11-13)20-10-9-18-7-5-17(2)6-8-18/h3-4,11-12,19H,5-10H2,1-2H3/t12-/m0/s1. The summed E-state index contributed by atoms with van der Waals surface area (Å²) in [4.78, 5) is 4.74. The van der Waals surface area contributed by atoms with Crippen LogP contribution in [0.15, 0.2) is 18.2 Å². The molecule has 4 nitrogen and oxygen atoms in total. The number of hydrogen-bond donors (Lipinski definition) is 1. The molecular formula is C15H23ClN2O2. The van der Waals surface area contributed by atoms with Crippen LogP contribution in [0.1, 0.15) is 18.6 Å².